The van der Waals surface area contributed by atoms with Crippen LogP contribution in [0.25, 0.3) is 11.0 Å². The number of carbonyl (C=O) groups is 1. The molecule has 0 aliphatic carbocycles. The van der Waals surface area contributed by atoms with Crippen LogP contribution < -0.4 is 10.6 Å². The van der Waals surface area contributed by atoms with E-state index < -0.39 is 0 Å². The van der Waals surface area contributed by atoms with E-state index in [1.54, 1.807) is 11.8 Å². The number of nitrogens with zero attached hydrogens (tertiary/aromatic N) is 2. The molecule has 152 valence electrons. The molecule has 4 aromatic rings. The van der Waals surface area contributed by atoms with Gasteiger partial charge >= 0.3 is 6.03 Å². The van der Waals surface area contributed by atoms with Crippen molar-refractivity contribution in [3.05, 3.63) is 84.2 Å². The molecule has 0 bridgehead atoms. The van der Waals surface area contributed by atoms with Gasteiger partial charge in [0.1, 0.15) is 5.82 Å². The number of urea groups is 1. The highest BCUT2D eigenvalue weighted by molar-refractivity contribution is 7.98. The van der Waals surface area contributed by atoms with Gasteiger partial charge in [-0.3, -0.25) is 0 Å². The van der Waals surface area contributed by atoms with Gasteiger partial charge in [0.15, 0.2) is 0 Å². The summed E-state index contributed by atoms with van der Waals surface area (Å²) in [6.07, 6.45) is 3.77. The zero-order chi connectivity index (χ0) is 20.9. The standard InChI is InChI=1S/C24H24N4OS/c1-28-22-9-4-3-8-21(22)27-23(28)15-12-17-10-13-18(14-11-17)25-24(29)26-19-6-5-7-20(16-19)30-2/h3-11,13-14,16H,12,15H2,1-2H3,(H2,25,26,29). The Morgan fingerprint density at radius 3 is 2.47 bits per heavy atom. The second kappa shape index (κ2) is 9.05. The minimum atomic E-state index is -0.249. The zero-order valence-corrected chi connectivity index (χ0v) is 17.9. The molecular formula is C24H24N4OS. The maximum atomic E-state index is 12.3. The Kier molecular flexibility index (Phi) is 6.05. The average Bonchev–Trinajstić information content (AvgIpc) is 3.09. The molecule has 0 unspecified atom stereocenters. The van der Waals surface area contributed by atoms with E-state index in [1.807, 2.05) is 73.0 Å². The maximum Gasteiger partial charge on any atom is 0.323 e. The molecule has 1 aromatic heterocycles. The highest BCUT2D eigenvalue weighted by Crippen LogP contribution is 2.20. The van der Waals surface area contributed by atoms with Crippen molar-refractivity contribution in [2.75, 3.05) is 16.9 Å². The van der Waals surface area contributed by atoms with Gasteiger partial charge in [-0.05, 0) is 60.7 Å². The minimum Gasteiger partial charge on any atom is -0.331 e. The summed E-state index contributed by atoms with van der Waals surface area (Å²) in [6, 6.07) is 23.7. The van der Waals surface area contributed by atoms with Gasteiger partial charge in [0.25, 0.3) is 0 Å². The number of thioether (sulfide) groups is 1. The number of nitrogens with one attached hydrogen (secondary N) is 2. The summed E-state index contributed by atoms with van der Waals surface area (Å²) in [4.78, 5) is 18.1. The Bertz CT molecular complexity index is 1170. The number of anilines is 2. The van der Waals surface area contributed by atoms with Crippen LogP contribution >= 0.6 is 11.8 Å². The molecule has 6 heteroatoms. The number of amides is 2. The third-order valence-electron chi connectivity index (χ3n) is 5.06. The largest absolute Gasteiger partial charge is 0.331 e. The monoisotopic (exact) mass is 416 g/mol. The summed E-state index contributed by atoms with van der Waals surface area (Å²) in [5.41, 5.74) is 4.93. The Morgan fingerprint density at radius 1 is 0.933 bits per heavy atom. The number of carbonyl (C=O) groups excluding carboxylic acids is 1. The Morgan fingerprint density at radius 2 is 1.70 bits per heavy atom. The SMILES string of the molecule is CSc1cccc(NC(=O)Nc2ccc(CCc3nc4ccccc4n3C)cc2)c1. The molecule has 2 amide bonds. The molecule has 0 aliphatic rings. The van der Waals surface area contributed by atoms with Crippen molar-refractivity contribution in [2.45, 2.75) is 17.7 Å². The van der Waals surface area contributed by atoms with E-state index >= 15 is 0 Å². The van der Waals surface area contributed by atoms with Crippen molar-refractivity contribution in [2.24, 2.45) is 7.05 Å². The van der Waals surface area contributed by atoms with Crippen LogP contribution in [0.15, 0.2) is 77.7 Å². The van der Waals surface area contributed by atoms with Crippen molar-refractivity contribution < 1.29 is 4.79 Å². The van der Waals surface area contributed by atoms with Gasteiger partial charge in [-0.25, -0.2) is 9.78 Å². The van der Waals surface area contributed by atoms with Crippen LogP contribution in [0.4, 0.5) is 16.2 Å². The van der Waals surface area contributed by atoms with E-state index in [0.29, 0.717) is 0 Å². The first kappa shape index (κ1) is 20.0. The summed E-state index contributed by atoms with van der Waals surface area (Å²) >= 11 is 1.64. The van der Waals surface area contributed by atoms with Gasteiger partial charge < -0.3 is 15.2 Å². The van der Waals surface area contributed by atoms with Crippen molar-refractivity contribution in [3.63, 3.8) is 0 Å². The van der Waals surface area contributed by atoms with Crippen molar-refractivity contribution >= 4 is 40.2 Å². The molecule has 0 spiro atoms. The summed E-state index contributed by atoms with van der Waals surface area (Å²) in [5, 5.41) is 5.75. The van der Waals surface area contributed by atoms with Crippen LogP contribution in [0.2, 0.25) is 0 Å². The lowest BCUT2D eigenvalue weighted by atomic mass is 10.1. The fraction of sp³-hybridized carbons (Fsp3) is 0.167. The lowest BCUT2D eigenvalue weighted by Crippen LogP contribution is -2.19. The van der Waals surface area contributed by atoms with Crippen LogP contribution in [-0.4, -0.2) is 21.8 Å². The molecule has 1 heterocycles. The Balaban J connectivity index is 1.34. The summed E-state index contributed by atoms with van der Waals surface area (Å²) in [7, 11) is 2.06. The number of imidazole rings is 1. The highest BCUT2D eigenvalue weighted by Gasteiger charge is 2.08. The van der Waals surface area contributed by atoms with Crippen LogP contribution in [0.3, 0.4) is 0 Å². The van der Waals surface area contributed by atoms with E-state index in [2.05, 4.69) is 28.3 Å². The van der Waals surface area contributed by atoms with Crippen LogP contribution in [-0.2, 0) is 19.9 Å². The number of aromatic nitrogens is 2. The third-order valence-corrected chi connectivity index (χ3v) is 5.78. The lowest BCUT2D eigenvalue weighted by molar-refractivity contribution is 0.262. The number of aryl methyl sites for hydroxylation is 3. The molecule has 0 aliphatic heterocycles. The first-order chi connectivity index (χ1) is 14.6. The zero-order valence-electron chi connectivity index (χ0n) is 17.1. The summed E-state index contributed by atoms with van der Waals surface area (Å²) < 4.78 is 2.15. The normalized spacial score (nSPS) is 10.9. The maximum absolute atomic E-state index is 12.3. The lowest BCUT2D eigenvalue weighted by Gasteiger charge is -2.09. The van der Waals surface area contributed by atoms with Gasteiger partial charge in [0, 0.05) is 29.7 Å². The molecule has 2 N–H and O–H groups in total. The number of rotatable bonds is 6. The molecule has 0 radical (unpaired) electrons. The smallest absolute Gasteiger partial charge is 0.323 e. The highest BCUT2D eigenvalue weighted by atomic mass is 32.2. The van der Waals surface area contributed by atoms with Gasteiger partial charge in [-0.2, -0.15) is 0 Å². The molecule has 5 nitrogen and oxygen atoms in total. The first-order valence-electron chi connectivity index (χ1n) is 9.84. The van der Waals surface area contributed by atoms with Gasteiger partial charge in [-0.1, -0.05) is 30.3 Å². The third kappa shape index (κ3) is 4.66. The first-order valence-corrected chi connectivity index (χ1v) is 11.1. The predicted molar refractivity (Wildman–Crippen MR) is 125 cm³/mol. The quantitative estimate of drug-likeness (QED) is 0.395. The van der Waals surface area contributed by atoms with E-state index in [-0.39, 0.29) is 6.03 Å². The molecule has 0 fully saturated rings. The average molecular weight is 417 g/mol. The van der Waals surface area contributed by atoms with Gasteiger partial charge in [-0.15, -0.1) is 11.8 Å². The van der Waals surface area contributed by atoms with Crippen LogP contribution in [0, 0.1) is 0 Å². The van der Waals surface area contributed by atoms with Crippen LogP contribution in [0.5, 0.6) is 0 Å². The fourth-order valence-electron chi connectivity index (χ4n) is 3.42. The molecule has 0 saturated carbocycles. The number of fused-ring (bicyclic) bond motifs is 1. The molecule has 0 saturated heterocycles. The molecule has 30 heavy (non-hydrogen) atoms. The molecule has 4 rings (SSSR count). The molecular weight excluding hydrogens is 392 g/mol. The van der Waals surface area contributed by atoms with Gasteiger partial charge in [0.05, 0.1) is 11.0 Å². The molecule has 0 atom stereocenters. The summed E-state index contributed by atoms with van der Waals surface area (Å²) in [6.45, 7) is 0. The topological polar surface area (TPSA) is 59.0 Å². The summed E-state index contributed by atoms with van der Waals surface area (Å²) in [5.74, 6) is 1.07. The van der Waals surface area contributed by atoms with Gasteiger partial charge in [0.2, 0.25) is 0 Å². The Hall–Kier alpha value is -3.25. The van der Waals surface area contributed by atoms with Crippen molar-refractivity contribution in [1.82, 2.24) is 9.55 Å². The second-order valence-corrected chi connectivity index (χ2v) is 7.96. The minimum absolute atomic E-state index is 0.249. The number of hydrogen-bond donors (Lipinski definition) is 2. The van der Waals surface area contributed by atoms with E-state index in [0.717, 1.165) is 46.0 Å². The molecule has 3 aromatic carbocycles. The second-order valence-electron chi connectivity index (χ2n) is 7.08. The number of benzene rings is 3. The Labute approximate surface area is 180 Å². The number of hydrogen-bond acceptors (Lipinski definition) is 3. The number of para-hydroxylation sites is 2. The van der Waals surface area contributed by atoms with Crippen LogP contribution in [0.1, 0.15) is 11.4 Å². The van der Waals surface area contributed by atoms with E-state index in [4.69, 9.17) is 4.98 Å². The van der Waals surface area contributed by atoms with Crippen molar-refractivity contribution in [3.8, 4) is 0 Å². The van der Waals surface area contributed by atoms with E-state index in [1.165, 1.54) is 5.56 Å². The fourth-order valence-corrected chi connectivity index (χ4v) is 3.88. The van der Waals surface area contributed by atoms with E-state index in [9.17, 15) is 4.79 Å². The predicted octanol–water partition coefficient (Wildman–Crippen LogP) is 5.72. The van der Waals surface area contributed by atoms with Crippen molar-refractivity contribution in [1.29, 1.82) is 0 Å².